The van der Waals surface area contributed by atoms with Crippen molar-refractivity contribution in [3.63, 3.8) is 0 Å². The lowest BCUT2D eigenvalue weighted by molar-refractivity contribution is -0.148. The van der Waals surface area contributed by atoms with Crippen molar-refractivity contribution in [3.8, 4) is 0 Å². The van der Waals surface area contributed by atoms with Crippen LogP contribution in [-0.4, -0.2) is 46.9 Å². The highest BCUT2D eigenvalue weighted by atomic mass is 16.5. The number of esters is 1. The summed E-state index contributed by atoms with van der Waals surface area (Å²) < 4.78 is 5.81. The fraction of sp³-hybridized carbons (Fsp3) is 0.643. The molecule has 0 radical (unpaired) electrons. The van der Waals surface area contributed by atoms with Gasteiger partial charge in [-0.05, 0) is 76.7 Å². The molecule has 0 aromatic carbocycles. The average molecular weight is 860 g/mol. The first kappa shape index (κ1) is 58.5. The summed E-state index contributed by atoms with van der Waals surface area (Å²) in [4.78, 5) is 26.1. The third kappa shape index (κ3) is 43.2. The second-order valence-electron chi connectivity index (χ2n) is 16.5. The second-order valence-corrected chi connectivity index (χ2v) is 16.5. The summed E-state index contributed by atoms with van der Waals surface area (Å²) in [6.07, 6.45) is 66.0. The maximum Gasteiger partial charge on any atom is 0.306 e. The Balaban J connectivity index is 4.82. The number of ether oxygens (including phenoxy) is 1. The minimum Gasteiger partial charge on any atom is -0.458 e. The van der Waals surface area contributed by atoms with Crippen LogP contribution in [0.2, 0.25) is 0 Å². The molecule has 6 heteroatoms. The molecular weight excluding hydrogens is 767 g/mol. The summed E-state index contributed by atoms with van der Waals surface area (Å²) in [5.74, 6) is -0.654. The van der Waals surface area contributed by atoms with Gasteiger partial charge >= 0.3 is 5.97 Å². The van der Waals surface area contributed by atoms with Crippen LogP contribution in [0.5, 0.6) is 0 Å². The molecule has 6 nitrogen and oxygen atoms in total. The lowest BCUT2D eigenvalue weighted by atomic mass is 10.0. The van der Waals surface area contributed by atoms with E-state index in [1.165, 1.54) is 77.0 Å². The standard InChI is InChI=1S/C56H93NO5/c1-4-7-10-13-16-19-22-24-26-27-29-30-33-35-38-41-44-47-52(62-56(61)49-46-43-40-37-34-31-28-25-23-20-17-14-11-8-5-2)50-55(60)57-53(51-58)54(59)48-45-42-39-36-32-21-18-15-12-9-6-3/h7-8,10-11,14,16-17,19-20,23-24,26,29-30,35,38,44,47,52-54,58-59H,4-6,9,12-13,15,18,21-22,25,27-28,31-34,36-37,39-43,45-46,48-51H2,1-3H3,(H,57,60)/b10-7-,11-8+,17-14+,19-16-,23-20+,26-24-,30-29-,38-35-,47-44-. The monoisotopic (exact) mass is 860 g/mol. The number of carbonyl (C=O) groups is 2. The van der Waals surface area contributed by atoms with Gasteiger partial charge in [0, 0.05) is 6.42 Å². The zero-order valence-corrected chi connectivity index (χ0v) is 40.0. The number of allylic oxidation sites excluding steroid dienone is 17. The van der Waals surface area contributed by atoms with E-state index < -0.39 is 18.2 Å². The molecule has 1 amide bonds. The van der Waals surface area contributed by atoms with Gasteiger partial charge in [0.05, 0.1) is 25.2 Å². The minimum absolute atomic E-state index is 0.0586. The quantitative estimate of drug-likeness (QED) is 0.0246. The summed E-state index contributed by atoms with van der Waals surface area (Å²) in [6, 6.07) is -0.751. The predicted octanol–water partition coefficient (Wildman–Crippen LogP) is 15.1. The zero-order valence-electron chi connectivity index (χ0n) is 40.0. The first-order valence-corrected chi connectivity index (χ1v) is 25.2. The number of hydrogen-bond donors (Lipinski definition) is 3. The van der Waals surface area contributed by atoms with Gasteiger partial charge in [0.1, 0.15) is 6.10 Å². The van der Waals surface area contributed by atoms with Crippen molar-refractivity contribution in [2.45, 2.75) is 225 Å². The van der Waals surface area contributed by atoms with Crippen LogP contribution in [0.3, 0.4) is 0 Å². The maximum absolute atomic E-state index is 13.2. The fourth-order valence-electron chi connectivity index (χ4n) is 6.90. The van der Waals surface area contributed by atoms with Gasteiger partial charge in [-0.3, -0.25) is 9.59 Å². The van der Waals surface area contributed by atoms with Gasteiger partial charge in [-0.15, -0.1) is 0 Å². The molecule has 0 aromatic heterocycles. The molecule has 62 heavy (non-hydrogen) atoms. The minimum atomic E-state index is -0.827. The van der Waals surface area contributed by atoms with E-state index >= 15 is 0 Å². The molecule has 0 heterocycles. The first-order valence-electron chi connectivity index (χ1n) is 25.2. The first-order chi connectivity index (χ1) is 30.5. The van der Waals surface area contributed by atoms with Crippen LogP contribution >= 0.6 is 0 Å². The van der Waals surface area contributed by atoms with Crippen LogP contribution in [0.1, 0.15) is 207 Å². The number of aliphatic hydroxyl groups excluding tert-OH is 2. The van der Waals surface area contributed by atoms with Crippen molar-refractivity contribution >= 4 is 11.9 Å². The van der Waals surface area contributed by atoms with Crippen LogP contribution in [0, 0.1) is 0 Å². The third-order valence-corrected chi connectivity index (χ3v) is 10.7. The van der Waals surface area contributed by atoms with Gasteiger partial charge in [0.15, 0.2) is 0 Å². The summed E-state index contributed by atoms with van der Waals surface area (Å²) in [5, 5.41) is 23.7. The van der Waals surface area contributed by atoms with Crippen LogP contribution in [-0.2, 0) is 14.3 Å². The van der Waals surface area contributed by atoms with Gasteiger partial charge in [0.25, 0.3) is 0 Å². The van der Waals surface area contributed by atoms with E-state index in [2.05, 4.69) is 123 Å². The number of unbranched alkanes of at least 4 members (excludes halogenated alkanes) is 17. The predicted molar refractivity (Wildman–Crippen MR) is 268 cm³/mol. The summed E-state index contributed by atoms with van der Waals surface area (Å²) >= 11 is 0. The van der Waals surface area contributed by atoms with Crippen molar-refractivity contribution < 1.29 is 24.5 Å². The van der Waals surface area contributed by atoms with Crippen LogP contribution in [0.25, 0.3) is 0 Å². The fourth-order valence-corrected chi connectivity index (χ4v) is 6.90. The van der Waals surface area contributed by atoms with Crippen molar-refractivity contribution in [2.75, 3.05) is 6.61 Å². The number of carbonyl (C=O) groups excluding carboxylic acids is 2. The highest BCUT2D eigenvalue weighted by molar-refractivity contribution is 5.78. The molecule has 0 saturated heterocycles. The molecular formula is C56H93NO5. The number of aliphatic hydroxyl groups is 2. The van der Waals surface area contributed by atoms with E-state index in [1.54, 1.807) is 6.08 Å². The molecule has 0 rings (SSSR count). The Kier molecular flexibility index (Phi) is 45.8. The number of hydrogen-bond acceptors (Lipinski definition) is 5. The van der Waals surface area contributed by atoms with E-state index in [0.717, 1.165) is 83.5 Å². The Morgan fingerprint density at radius 1 is 0.516 bits per heavy atom. The van der Waals surface area contributed by atoms with Crippen molar-refractivity contribution in [1.29, 1.82) is 0 Å². The van der Waals surface area contributed by atoms with Crippen molar-refractivity contribution in [1.82, 2.24) is 5.32 Å². The molecule has 0 bridgehead atoms. The van der Waals surface area contributed by atoms with Gasteiger partial charge in [-0.25, -0.2) is 0 Å². The second kappa shape index (κ2) is 48.6. The Labute approximate surface area is 381 Å². The maximum atomic E-state index is 13.2. The Bertz CT molecular complexity index is 1280. The van der Waals surface area contributed by atoms with E-state index in [-0.39, 0.29) is 24.9 Å². The van der Waals surface area contributed by atoms with Crippen LogP contribution in [0.4, 0.5) is 0 Å². The molecule has 0 aromatic rings. The Morgan fingerprint density at radius 3 is 1.48 bits per heavy atom. The zero-order chi connectivity index (χ0) is 45.2. The van der Waals surface area contributed by atoms with Crippen LogP contribution in [0.15, 0.2) is 109 Å². The molecule has 3 atom stereocenters. The van der Waals surface area contributed by atoms with Crippen molar-refractivity contribution in [3.05, 3.63) is 109 Å². The SMILES string of the molecule is CC/C=C\C/C=C\C/C=C\C/C=C\C/C=C\C/C=C\C(CC(=O)NC(CO)C(O)CCCCCCCCCCCCC)OC(=O)CCCCCCCCC/C=C/C=C/C=C/CC. The van der Waals surface area contributed by atoms with E-state index in [0.29, 0.717) is 19.3 Å². The van der Waals surface area contributed by atoms with Gasteiger partial charge in [-0.1, -0.05) is 227 Å². The van der Waals surface area contributed by atoms with Crippen LogP contribution < -0.4 is 5.32 Å². The smallest absolute Gasteiger partial charge is 0.306 e. The highest BCUT2D eigenvalue weighted by Crippen LogP contribution is 2.15. The molecule has 0 aliphatic carbocycles. The molecule has 0 saturated carbocycles. The van der Waals surface area contributed by atoms with E-state index in [9.17, 15) is 19.8 Å². The van der Waals surface area contributed by atoms with Gasteiger partial charge in [0.2, 0.25) is 5.91 Å². The van der Waals surface area contributed by atoms with Gasteiger partial charge in [-0.2, -0.15) is 0 Å². The number of rotatable bonds is 43. The molecule has 3 unspecified atom stereocenters. The molecule has 0 aliphatic rings. The summed E-state index contributed by atoms with van der Waals surface area (Å²) in [7, 11) is 0. The van der Waals surface area contributed by atoms with Gasteiger partial charge < -0.3 is 20.3 Å². The lowest BCUT2D eigenvalue weighted by Gasteiger charge is -2.23. The summed E-state index contributed by atoms with van der Waals surface area (Å²) in [6.45, 7) is 6.18. The van der Waals surface area contributed by atoms with Crippen molar-refractivity contribution in [2.24, 2.45) is 0 Å². The van der Waals surface area contributed by atoms with E-state index in [4.69, 9.17) is 4.74 Å². The Hall–Kier alpha value is -3.48. The normalized spacial score (nSPS) is 14.2. The number of nitrogens with one attached hydrogen (secondary N) is 1. The highest BCUT2D eigenvalue weighted by Gasteiger charge is 2.23. The largest absolute Gasteiger partial charge is 0.458 e. The molecule has 0 spiro atoms. The third-order valence-electron chi connectivity index (χ3n) is 10.7. The molecule has 3 N–H and O–H groups in total. The molecule has 352 valence electrons. The lowest BCUT2D eigenvalue weighted by Crippen LogP contribution is -2.46. The van der Waals surface area contributed by atoms with E-state index in [1.807, 2.05) is 6.08 Å². The molecule has 0 fully saturated rings. The molecule has 0 aliphatic heterocycles. The topological polar surface area (TPSA) is 95.9 Å². The Morgan fingerprint density at radius 2 is 0.968 bits per heavy atom. The summed E-state index contributed by atoms with van der Waals surface area (Å²) in [5.41, 5.74) is 0. The average Bonchev–Trinajstić information content (AvgIpc) is 3.26. The number of amides is 1.